The zero-order chi connectivity index (χ0) is 19.7. The second kappa shape index (κ2) is 7.50. The Kier molecular flexibility index (Phi) is 4.90. The molecule has 140 valence electrons. The fourth-order valence-corrected chi connectivity index (χ4v) is 3.54. The topological polar surface area (TPSA) is 83.1 Å². The number of rotatable bonds is 3. The van der Waals surface area contributed by atoms with E-state index in [1.807, 2.05) is 18.2 Å². The maximum Gasteiger partial charge on any atom is 0.323 e. The molecule has 1 aliphatic rings. The van der Waals surface area contributed by atoms with Crippen LogP contribution in [0, 0.1) is 0 Å². The summed E-state index contributed by atoms with van der Waals surface area (Å²) < 4.78 is 0. The average molecular weight is 413 g/mol. The van der Waals surface area contributed by atoms with Crippen LogP contribution in [0.3, 0.4) is 0 Å². The lowest BCUT2D eigenvalue weighted by atomic mass is 9.99. The van der Waals surface area contributed by atoms with Crippen LogP contribution >= 0.6 is 23.2 Å². The molecule has 3 aromatic rings. The van der Waals surface area contributed by atoms with E-state index in [-0.39, 0.29) is 11.6 Å². The summed E-state index contributed by atoms with van der Waals surface area (Å²) in [6.07, 6.45) is 1.47. The van der Waals surface area contributed by atoms with Gasteiger partial charge in [-0.05, 0) is 29.8 Å². The van der Waals surface area contributed by atoms with Gasteiger partial charge in [0.05, 0.1) is 22.4 Å². The van der Waals surface area contributed by atoms with E-state index in [1.54, 1.807) is 36.4 Å². The molecule has 0 saturated heterocycles. The highest BCUT2D eigenvalue weighted by molar-refractivity contribution is 6.33. The number of nitrogens with zero attached hydrogens (tertiary/aromatic N) is 1. The standard InChI is InChI=1S/C20H14Cl2N4O2/c21-12-6-2-1-5-11(12)17-16-15(9-10-23-18(16)19(27)26-17)25-20(28)24-14-8-4-3-7-13(14)22/h1-10,17H,(H,26,27)(H2,23,24,25,28). The molecule has 1 aromatic heterocycles. The molecule has 0 spiro atoms. The first kappa shape index (κ1) is 18.3. The van der Waals surface area contributed by atoms with Gasteiger partial charge in [0.25, 0.3) is 5.91 Å². The van der Waals surface area contributed by atoms with Gasteiger partial charge in [-0.3, -0.25) is 9.78 Å². The molecule has 1 aliphatic heterocycles. The van der Waals surface area contributed by atoms with Crippen LogP contribution in [0.15, 0.2) is 60.8 Å². The number of amides is 3. The number of halogens is 2. The van der Waals surface area contributed by atoms with Crippen molar-refractivity contribution in [3.63, 3.8) is 0 Å². The van der Waals surface area contributed by atoms with Crippen LogP contribution in [0.4, 0.5) is 16.2 Å². The van der Waals surface area contributed by atoms with Crippen molar-refractivity contribution in [1.29, 1.82) is 0 Å². The number of urea groups is 1. The van der Waals surface area contributed by atoms with E-state index in [4.69, 9.17) is 23.2 Å². The Labute approximate surface area is 170 Å². The molecule has 2 heterocycles. The lowest BCUT2D eigenvalue weighted by molar-refractivity contribution is 0.0956. The molecule has 2 aromatic carbocycles. The predicted octanol–water partition coefficient (Wildman–Crippen LogP) is 4.87. The lowest BCUT2D eigenvalue weighted by Gasteiger charge is -2.17. The summed E-state index contributed by atoms with van der Waals surface area (Å²) in [6, 6.07) is 14.7. The normalized spacial score (nSPS) is 14.9. The van der Waals surface area contributed by atoms with Crippen LogP contribution in [0.2, 0.25) is 10.0 Å². The highest BCUT2D eigenvalue weighted by Gasteiger charge is 2.34. The van der Waals surface area contributed by atoms with Crippen molar-refractivity contribution in [1.82, 2.24) is 10.3 Å². The van der Waals surface area contributed by atoms with Crippen molar-refractivity contribution in [3.05, 3.63) is 87.7 Å². The van der Waals surface area contributed by atoms with Crippen LogP contribution < -0.4 is 16.0 Å². The number of anilines is 2. The summed E-state index contributed by atoms with van der Waals surface area (Å²) in [6.45, 7) is 0. The number of hydrogen-bond acceptors (Lipinski definition) is 3. The molecule has 0 radical (unpaired) electrons. The highest BCUT2D eigenvalue weighted by atomic mass is 35.5. The second-order valence-corrected chi connectivity index (χ2v) is 6.92. The quantitative estimate of drug-likeness (QED) is 0.573. The number of pyridine rings is 1. The zero-order valence-electron chi connectivity index (χ0n) is 14.4. The van der Waals surface area contributed by atoms with Crippen LogP contribution in [-0.4, -0.2) is 16.9 Å². The maximum absolute atomic E-state index is 12.5. The summed E-state index contributed by atoms with van der Waals surface area (Å²) in [5.74, 6) is -0.324. The van der Waals surface area contributed by atoms with Crippen molar-refractivity contribution in [2.75, 3.05) is 10.6 Å². The Morgan fingerprint density at radius 3 is 2.36 bits per heavy atom. The Hall–Kier alpha value is -3.09. The van der Waals surface area contributed by atoms with E-state index in [2.05, 4.69) is 20.9 Å². The van der Waals surface area contributed by atoms with Gasteiger partial charge in [0.2, 0.25) is 0 Å². The molecular formula is C20H14Cl2N4O2. The Bertz CT molecular complexity index is 1090. The summed E-state index contributed by atoms with van der Waals surface area (Å²) in [5, 5.41) is 9.27. The van der Waals surface area contributed by atoms with Gasteiger partial charge in [-0.15, -0.1) is 0 Å². The fraction of sp³-hybridized carbons (Fsp3) is 0.0500. The van der Waals surface area contributed by atoms with Crippen molar-refractivity contribution in [3.8, 4) is 0 Å². The van der Waals surface area contributed by atoms with Crippen LogP contribution in [-0.2, 0) is 0 Å². The Morgan fingerprint density at radius 1 is 0.929 bits per heavy atom. The third-order valence-corrected chi connectivity index (χ3v) is 5.03. The zero-order valence-corrected chi connectivity index (χ0v) is 15.9. The van der Waals surface area contributed by atoms with Gasteiger partial charge in [0.15, 0.2) is 0 Å². The van der Waals surface area contributed by atoms with Crippen molar-refractivity contribution < 1.29 is 9.59 Å². The number of hydrogen-bond donors (Lipinski definition) is 3. The van der Waals surface area contributed by atoms with Gasteiger partial charge in [-0.2, -0.15) is 0 Å². The lowest BCUT2D eigenvalue weighted by Crippen LogP contribution is -2.22. The number of nitrogens with one attached hydrogen (secondary N) is 3. The van der Waals surface area contributed by atoms with Gasteiger partial charge < -0.3 is 16.0 Å². The van der Waals surface area contributed by atoms with Gasteiger partial charge in [-0.25, -0.2) is 4.79 Å². The van der Waals surface area contributed by atoms with Gasteiger partial charge in [-0.1, -0.05) is 53.5 Å². The molecule has 4 rings (SSSR count). The molecule has 8 heteroatoms. The Balaban J connectivity index is 1.67. The maximum atomic E-state index is 12.5. The van der Waals surface area contributed by atoms with E-state index in [9.17, 15) is 9.59 Å². The summed E-state index contributed by atoms with van der Waals surface area (Å²) in [5.41, 5.74) is 2.47. The minimum absolute atomic E-state index is 0.250. The number of fused-ring (bicyclic) bond motifs is 1. The molecule has 3 N–H and O–H groups in total. The molecular weight excluding hydrogens is 399 g/mol. The SMILES string of the molecule is O=C(Nc1ccccc1Cl)Nc1ccnc2c1C(c1ccccc1Cl)NC2=O. The molecule has 1 unspecified atom stereocenters. The summed E-state index contributed by atoms with van der Waals surface area (Å²) in [7, 11) is 0. The molecule has 28 heavy (non-hydrogen) atoms. The number of para-hydroxylation sites is 1. The number of carbonyl (C=O) groups is 2. The number of benzene rings is 2. The number of carbonyl (C=O) groups excluding carboxylic acids is 2. The molecule has 3 amide bonds. The second-order valence-electron chi connectivity index (χ2n) is 6.11. The average Bonchev–Trinajstić information content (AvgIpc) is 3.02. The first-order chi connectivity index (χ1) is 13.5. The molecule has 0 aliphatic carbocycles. The summed E-state index contributed by atoms with van der Waals surface area (Å²) >= 11 is 12.4. The summed E-state index contributed by atoms with van der Waals surface area (Å²) in [4.78, 5) is 29.0. The van der Waals surface area contributed by atoms with Gasteiger partial charge in [0, 0.05) is 16.8 Å². The van der Waals surface area contributed by atoms with Crippen LogP contribution in [0.25, 0.3) is 0 Å². The van der Waals surface area contributed by atoms with Crippen molar-refractivity contribution in [2.24, 2.45) is 0 Å². The van der Waals surface area contributed by atoms with E-state index in [1.165, 1.54) is 6.20 Å². The van der Waals surface area contributed by atoms with Crippen molar-refractivity contribution in [2.45, 2.75) is 6.04 Å². The van der Waals surface area contributed by atoms with Crippen LogP contribution in [0.1, 0.15) is 27.7 Å². The van der Waals surface area contributed by atoms with E-state index >= 15 is 0 Å². The van der Waals surface area contributed by atoms with Gasteiger partial charge >= 0.3 is 6.03 Å². The van der Waals surface area contributed by atoms with Crippen molar-refractivity contribution >= 4 is 46.5 Å². The largest absolute Gasteiger partial charge is 0.340 e. The highest BCUT2D eigenvalue weighted by Crippen LogP contribution is 2.37. The molecule has 0 fully saturated rings. The predicted molar refractivity (Wildman–Crippen MR) is 109 cm³/mol. The molecule has 0 bridgehead atoms. The Morgan fingerprint density at radius 2 is 1.61 bits per heavy atom. The van der Waals surface area contributed by atoms with E-state index < -0.39 is 12.1 Å². The molecule has 0 saturated carbocycles. The first-order valence-electron chi connectivity index (χ1n) is 8.41. The smallest absolute Gasteiger partial charge is 0.323 e. The third-order valence-electron chi connectivity index (χ3n) is 4.36. The molecule has 1 atom stereocenters. The van der Waals surface area contributed by atoms with Gasteiger partial charge in [0.1, 0.15) is 5.69 Å². The van der Waals surface area contributed by atoms with Crippen LogP contribution in [0.5, 0.6) is 0 Å². The monoisotopic (exact) mass is 412 g/mol. The molecule has 6 nitrogen and oxygen atoms in total. The fourth-order valence-electron chi connectivity index (χ4n) is 3.11. The first-order valence-corrected chi connectivity index (χ1v) is 9.17. The third kappa shape index (κ3) is 3.40. The van der Waals surface area contributed by atoms with E-state index in [0.717, 1.165) is 5.56 Å². The minimum atomic E-state index is -0.513. The van der Waals surface area contributed by atoms with E-state index in [0.29, 0.717) is 27.0 Å². The number of aromatic nitrogens is 1. The minimum Gasteiger partial charge on any atom is -0.340 e.